The van der Waals surface area contributed by atoms with E-state index in [9.17, 15) is 12.8 Å². The van der Waals surface area contributed by atoms with Crippen LogP contribution in [-0.4, -0.2) is 26.0 Å². The second-order valence-electron chi connectivity index (χ2n) is 4.49. The lowest BCUT2D eigenvalue weighted by molar-refractivity contribution is 0.521. The summed E-state index contributed by atoms with van der Waals surface area (Å²) >= 11 is 4.66. The van der Waals surface area contributed by atoms with E-state index in [1.807, 2.05) is 20.1 Å². The first-order valence-corrected chi connectivity index (χ1v) is 9.80. The summed E-state index contributed by atoms with van der Waals surface area (Å²) in [6.45, 7) is 4.41. The van der Waals surface area contributed by atoms with Gasteiger partial charge in [-0.3, -0.25) is 0 Å². The molecule has 0 amide bonds. The molecule has 0 aromatic heterocycles. The summed E-state index contributed by atoms with van der Waals surface area (Å²) in [7, 11) is -3.69. The van der Waals surface area contributed by atoms with E-state index in [1.54, 1.807) is 11.8 Å². The number of rotatable bonds is 7. The van der Waals surface area contributed by atoms with Gasteiger partial charge in [0.1, 0.15) is 5.82 Å². The van der Waals surface area contributed by atoms with Gasteiger partial charge in [-0.1, -0.05) is 13.8 Å². The van der Waals surface area contributed by atoms with Gasteiger partial charge in [0.15, 0.2) is 0 Å². The highest BCUT2D eigenvalue weighted by atomic mass is 79.9. The van der Waals surface area contributed by atoms with Crippen LogP contribution in [0.5, 0.6) is 0 Å². The lowest BCUT2D eigenvalue weighted by atomic mass is 10.0. The Kier molecular flexibility index (Phi) is 6.50. The Morgan fingerprint density at radius 3 is 2.40 bits per heavy atom. The summed E-state index contributed by atoms with van der Waals surface area (Å²) in [6, 6.07) is 3.80. The van der Waals surface area contributed by atoms with Crippen LogP contribution in [0.3, 0.4) is 0 Å². The molecule has 0 atom stereocenters. The molecule has 0 unspecified atom stereocenters. The van der Waals surface area contributed by atoms with Crippen LogP contribution < -0.4 is 4.72 Å². The Balaban J connectivity index is 2.92. The molecule has 7 heteroatoms. The number of hydrogen-bond acceptors (Lipinski definition) is 3. The van der Waals surface area contributed by atoms with Crippen LogP contribution in [0.1, 0.15) is 26.7 Å². The van der Waals surface area contributed by atoms with Crippen molar-refractivity contribution in [1.29, 1.82) is 0 Å². The predicted molar refractivity (Wildman–Crippen MR) is 86.1 cm³/mol. The summed E-state index contributed by atoms with van der Waals surface area (Å²) in [5, 5.41) is 0. The molecule has 1 rings (SSSR count). The Labute approximate surface area is 132 Å². The predicted octanol–water partition coefficient (Wildman–Crippen LogP) is 3.79. The first-order chi connectivity index (χ1) is 9.30. The van der Waals surface area contributed by atoms with Crippen LogP contribution in [0.25, 0.3) is 0 Å². The van der Waals surface area contributed by atoms with Gasteiger partial charge in [0.05, 0.1) is 9.37 Å². The number of benzene rings is 1. The lowest BCUT2D eigenvalue weighted by Crippen LogP contribution is -2.39. The van der Waals surface area contributed by atoms with Crippen LogP contribution in [-0.2, 0) is 10.0 Å². The molecule has 1 aromatic carbocycles. The summed E-state index contributed by atoms with van der Waals surface area (Å²) < 4.78 is 40.5. The SMILES string of the molecule is CCC(CC)(CNS(=O)(=O)c1ccc(Br)c(F)c1)SC. The number of halogens is 2. The van der Waals surface area contributed by atoms with Crippen molar-refractivity contribution in [1.82, 2.24) is 4.72 Å². The molecule has 0 saturated heterocycles. The van der Waals surface area contributed by atoms with Gasteiger partial charge < -0.3 is 0 Å². The molecule has 0 bridgehead atoms. The highest BCUT2D eigenvalue weighted by molar-refractivity contribution is 9.10. The molecule has 0 saturated carbocycles. The van der Waals surface area contributed by atoms with Crippen molar-refractivity contribution in [2.45, 2.75) is 36.3 Å². The largest absolute Gasteiger partial charge is 0.240 e. The second-order valence-corrected chi connectivity index (χ2v) is 8.39. The maximum Gasteiger partial charge on any atom is 0.240 e. The van der Waals surface area contributed by atoms with Crippen LogP contribution >= 0.6 is 27.7 Å². The van der Waals surface area contributed by atoms with Crippen LogP contribution in [0, 0.1) is 5.82 Å². The fourth-order valence-electron chi connectivity index (χ4n) is 1.81. The minimum Gasteiger partial charge on any atom is -0.210 e. The molecule has 0 aliphatic carbocycles. The molecule has 0 fully saturated rings. The van der Waals surface area contributed by atoms with Crippen molar-refractivity contribution in [3.63, 3.8) is 0 Å². The highest BCUT2D eigenvalue weighted by Crippen LogP contribution is 2.30. The molecule has 114 valence electrons. The lowest BCUT2D eigenvalue weighted by Gasteiger charge is -2.29. The molecular formula is C13H19BrFNO2S2. The van der Waals surface area contributed by atoms with Gasteiger partial charge in [0.25, 0.3) is 0 Å². The first-order valence-electron chi connectivity index (χ1n) is 6.30. The zero-order valence-corrected chi connectivity index (χ0v) is 15.0. The number of hydrogen-bond donors (Lipinski definition) is 1. The quantitative estimate of drug-likeness (QED) is 0.778. The van der Waals surface area contributed by atoms with E-state index in [1.165, 1.54) is 12.1 Å². The first kappa shape index (κ1) is 17.9. The fourth-order valence-corrected chi connectivity index (χ4v) is 4.09. The molecule has 1 aromatic rings. The highest BCUT2D eigenvalue weighted by Gasteiger charge is 2.27. The van der Waals surface area contributed by atoms with Crippen molar-refractivity contribution in [3.05, 3.63) is 28.5 Å². The van der Waals surface area contributed by atoms with Gasteiger partial charge in [0.2, 0.25) is 10.0 Å². The topological polar surface area (TPSA) is 46.2 Å². The van der Waals surface area contributed by atoms with Crippen LogP contribution in [0.4, 0.5) is 4.39 Å². The van der Waals surface area contributed by atoms with Crippen molar-refractivity contribution >= 4 is 37.7 Å². The Morgan fingerprint density at radius 1 is 1.35 bits per heavy atom. The summed E-state index contributed by atoms with van der Waals surface area (Å²) in [6.07, 6.45) is 3.70. The fraction of sp³-hybridized carbons (Fsp3) is 0.538. The smallest absolute Gasteiger partial charge is 0.210 e. The minimum absolute atomic E-state index is 0.0552. The van der Waals surface area contributed by atoms with Gasteiger partial charge in [-0.25, -0.2) is 17.5 Å². The number of nitrogens with one attached hydrogen (secondary N) is 1. The van der Waals surface area contributed by atoms with E-state index in [0.29, 0.717) is 6.54 Å². The Hall–Kier alpha value is -0.110. The minimum atomic E-state index is -3.69. The van der Waals surface area contributed by atoms with Gasteiger partial charge in [-0.05, 0) is 53.2 Å². The molecule has 0 aliphatic rings. The van der Waals surface area contributed by atoms with Crippen molar-refractivity contribution in [2.75, 3.05) is 12.8 Å². The third kappa shape index (κ3) is 4.19. The molecule has 3 nitrogen and oxygen atoms in total. The Morgan fingerprint density at radius 2 is 1.95 bits per heavy atom. The molecule has 0 spiro atoms. The van der Waals surface area contributed by atoms with Crippen LogP contribution in [0.2, 0.25) is 0 Å². The third-order valence-electron chi connectivity index (χ3n) is 3.51. The van der Waals surface area contributed by atoms with Gasteiger partial charge in [0, 0.05) is 11.3 Å². The maximum absolute atomic E-state index is 13.4. The van der Waals surface area contributed by atoms with Gasteiger partial charge in [-0.15, -0.1) is 0 Å². The zero-order chi connectivity index (χ0) is 15.4. The maximum atomic E-state index is 13.4. The molecule has 1 N–H and O–H groups in total. The average Bonchev–Trinajstić information content (AvgIpc) is 2.44. The average molecular weight is 384 g/mol. The van der Waals surface area contributed by atoms with Crippen molar-refractivity contribution in [3.8, 4) is 0 Å². The summed E-state index contributed by atoms with van der Waals surface area (Å²) in [4.78, 5) is -0.0552. The normalized spacial score (nSPS) is 12.7. The van der Waals surface area contributed by atoms with E-state index < -0.39 is 15.8 Å². The molecule has 0 heterocycles. The number of sulfonamides is 1. The van der Waals surface area contributed by atoms with E-state index in [2.05, 4.69) is 20.7 Å². The Bertz CT molecular complexity index is 551. The summed E-state index contributed by atoms with van der Waals surface area (Å²) in [5.74, 6) is -0.588. The standard InChI is InChI=1S/C13H19BrFNO2S2/c1-4-13(5-2,19-3)9-16-20(17,18)10-6-7-11(14)12(15)8-10/h6-8,16H,4-5,9H2,1-3H3. The van der Waals surface area contributed by atoms with Gasteiger partial charge >= 0.3 is 0 Å². The summed E-state index contributed by atoms with van der Waals surface area (Å²) in [5.41, 5.74) is 0. The molecule has 20 heavy (non-hydrogen) atoms. The van der Waals surface area contributed by atoms with Crippen molar-refractivity contribution < 1.29 is 12.8 Å². The van der Waals surface area contributed by atoms with Crippen LogP contribution in [0.15, 0.2) is 27.6 Å². The van der Waals surface area contributed by atoms with E-state index in [-0.39, 0.29) is 14.1 Å². The molecular weight excluding hydrogens is 365 g/mol. The number of thioether (sulfide) groups is 1. The monoisotopic (exact) mass is 383 g/mol. The molecule has 0 radical (unpaired) electrons. The third-order valence-corrected chi connectivity index (χ3v) is 7.14. The molecule has 0 aliphatic heterocycles. The zero-order valence-electron chi connectivity index (χ0n) is 11.7. The van der Waals surface area contributed by atoms with E-state index >= 15 is 0 Å². The second kappa shape index (κ2) is 7.24. The van der Waals surface area contributed by atoms with Crippen molar-refractivity contribution in [2.24, 2.45) is 0 Å². The van der Waals surface area contributed by atoms with Gasteiger partial charge in [-0.2, -0.15) is 11.8 Å². The van der Waals surface area contributed by atoms with E-state index in [0.717, 1.165) is 18.9 Å². The van der Waals surface area contributed by atoms with E-state index in [4.69, 9.17) is 0 Å².